The largest absolute Gasteiger partial charge is 0.331 e. The number of carbonyl (C=O) groups excluding carboxylic acids is 1. The maximum Gasteiger partial charge on any atom is 0.254 e. The van der Waals surface area contributed by atoms with E-state index in [-0.39, 0.29) is 23.5 Å². The van der Waals surface area contributed by atoms with Crippen LogP contribution in [-0.2, 0) is 5.54 Å². The second-order valence-electron chi connectivity index (χ2n) is 11.3. The van der Waals surface area contributed by atoms with E-state index in [2.05, 4.69) is 40.2 Å². The number of benzene rings is 2. The van der Waals surface area contributed by atoms with Crippen LogP contribution in [0, 0.1) is 0 Å². The summed E-state index contributed by atoms with van der Waals surface area (Å²) in [6.45, 7) is 0. The van der Waals surface area contributed by atoms with Crippen LogP contribution >= 0.6 is 0 Å². The molecular weight excluding hydrogens is 460 g/mol. The summed E-state index contributed by atoms with van der Waals surface area (Å²) in [7, 11) is 3.93. The van der Waals surface area contributed by atoms with E-state index >= 15 is 0 Å². The first-order valence-electron chi connectivity index (χ1n) is 13.5. The van der Waals surface area contributed by atoms with E-state index in [4.69, 9.17) is 15.0 Å². The van der Waals surface area contributed by atoms with Gasteiger partial charge >= 0.3 is 0 Å². The first-order chi connectivity index (χ1) is 18.1. The summed E-state index contributed by atoms with van der Waals surface area (Å²) in [6, 6.07) is 12.9. The predicted molar refractivity (Wildman–Crippen MR) is 141 cm³/mol. The number of rotatable bonds is 4. The first kappa shape index (κ1) is 21.5. The number of nitrogens with zero attached hydrogens (tertiary/aromatic N) is 5. The Labute approximate surface area is 215 Å². The third kappa shape index (κ3) is 2.92. The molecule has 2 aliphatic carbocycles. The van der Waals surface area contributed by atoms with Gasteiger partial charge in [0.15, 0.2) is 0 Å². The van der Waals surface area contributed by atoms with Crippen LogP contribution in [-0.4, -0.2) is 44.4 Å². The van der Waals surface area contributed by atoms with Crippen molar-refractivity contribution in [3.63, 3.8) is 0 Å². The molecule has 4 aliphatic rings. The van der Waals surface area contributed by atoms with Crippen LogP contribution in [0.15, 0.2) is 48.8 Å². The third-order valence-corrected chi connectivity index (χ3v) is 9.38. The Kier molecular flexibility index (Phi) is 4.35. The fourth-order valence-electron chi connectivity index (χ4n) is 6.92. The number of amides is 1. The lowest BCUT2D eigenvalue weighted by molar-refractivity contribution is 0.0734. The van der Waals surface area contributed by atoms with Crippen LogP contribution in [0.3, 0.4) is 0 Å². The first-order valence-corrected chi connectivity index (χ1v) is 13.5. The number of nitrogens with one attached hydrogen (secondary N) is 1. The molecule has 4 aromatic rings. The maximum atomic E-state index is 13.5. The van der Waals surface area contributed by atoms with Crippen molar-refractivity contribution in [2.45, 2.75) is 62.1 Å². The Hall–Kier alpha value is -3.58. The third-order valence-electron chi connectivity index (χ3n) is 9.38. The summed E-state index contributed by atoms with van der Waals surface area (Å²) in [6.07, 6.45) is 10.6. The van der Waals surface area contributed by atoms with Gasteiger partial charge in [0.1, 0.15) is 11.6 Å². The van der Waals surface area contributed by atoms with Gasteiger partial charge in [-0.25, -0.2) is 15.0 Å². The summed E-state index contributed by atoms with van der Waals surface area (Å²) in [5.74, 6) is 2.58. The molecule has 2 atom stereocenters. The van der Waals surface area contributed by atoms with Crippen LogP contribution in [0.2, 0.25) is 0 Å². The summed E-state index contributed by atoms with van der Waals surface area (Å²) < 4.78 is 2.41. The molecular formula is C30H30N6O. The lowest BCUT2D eigenvalue weighted by atomic mass is 9.76. The summed E-state index contributed by atoms with van der Waals surface area (Å²) >= 11 is 0. The van der Waals surface area contributed by atoms with Gasteiger partial charge in [-0.1, -0.05) is 18.2 Å². The summed E-state index contributed by atoms with van der Waals surface area (Å²) in [5.41, 5.74) is 7.57. The molecule has 0 saturated heterocycles. The van der Waals surface area contributed by atoms with Gasteiger partial charge in [-0.05, 0) is 80.0 Å². The number of hydrogen-bond acceptors (Lipinski definition) is 5. The minimum atomic E-state index is -0.0686. The monoisotopic (exact) mass is 490 g/mol. The molecule has 186 valence electrons. The number of fused-ring (bicyclic) bond motifs is 9. The molecule has 2 aliphatic heterocycles. The van der Waals surface area contributed by atoms with Gasteiger partial charge in [-0.3, -0.25) is 4.79 Å². The van der Waals surface area contributed by atoms with Crippen molar-refractivity contribution < 1.29 is 4.79 Å². The molecule has 4 heterocycles. The Balaban J connectivity index is 1.26. The fourth-order valence-corrected chi connectivity index (χ4v) is 6.92. The lowest BCUT2D eigenvalue weighted by Crippen LogP contribution is -2.47. The minimum absolute atomic E-state index is 0.0179. The second-order valence-corrected chi connectivity index (χ2v) is 11.3. The summed E-state index contributed by atoms with van der Waals surface area (Å²) in [5, 5.41) is 3.43. The normalized spacial score (nSPS) is 23.5. The van der Waals surface area contributed by atoms with Crippen molar-refractivity contribution in [2.24, 2.45) is 0 Å². The number of carbonyl (C=O) groups is 1. The predicted octanol–water partition coefficient (Wildman–Crippen LogP) is 5.09. The second kappa shape index (κ2) is 7.48. The van der Waals surface area contributed by atoms with E-state index < -0.39 is 0 Å². The number of aromatic nitrogens is 4. The molecule has 2 aromatic heterocycles. The Morgan fingerprint density at radius 3 is 2.54 bits per heavy atom. The molecule has 37 heavy (non-hydrogen) atoms. The highest BCUT2D eigenvalue weighted by Gasteiger charge is 2.45. The minimum Gasteiger partial charge on any atom is -0.331 e. The highest BCUT2D eigenvalue weighted by atomic mass is 16.2. The van der Waals surface area contributed by atoms with Gasteiger partial charge < -0.3 is 14.8 Å². The van der Waals surface area contributed by atoms with Gasteiger partial charge in [0, 0.05) is 37.0 Å². The van der Waals surface area contributed by atoms with E-state index in [0.29, 0.717) is 5.92 Å². The van der Waals surface area contributed by atoms with E-state index in [0.717, 1.165) is 58.6 Å². The Morgan fingerprint density at radius 2 is 1.84 bits per heavy atom. The zero-order valence-electron chi connectivity index (χ0n) is 21.2. The molecule has 8 rings (SSSR count). The van der Waals surface area contributed by atoms with Crippen molar-refractivity contribution in [3.05, 3.63) is 77.1 Å². The molecule has 0 unspecified atom stereocenters. The van der Waals surface area contributed by atoms with Crippen molar-refractivity contribution >= 4 is 16.9 Å². The highest BCUT2D eigenvalue weighted by molar-refractivity contribution is 5.97. The molecule has 7 nitrogen and oxygen atoms in total. The van der Waals surface area contributed by atoms with E-state index in [1.807, 2.05) is 37.5 Å². The van der Waals surface area contributed by atoms with E-state index in [1.54, 1.807) is 0 Å². The van der Waals surface area contributed by atoms with Gasteiger partial charge in [0.2, 0.25) is 0 Å². The van der Waals surface area contributed by atoms with Crippen LogP contribution < -0.4 is 5.32 Å². The lowest BCUT2D eigenvalue weighted by Gasteiger charge is -2.40. The maximum absolute atomic E-state index is 13.5. The SMILES string of the molecule is CNC1(c2ncc(-c3ccc4nc5n(c4c3)[C@@H]3C[C@H]5N(C)C(=O)c4cccc(C5CC5)c43)cn2)CCC1. The average molecular weight is 491 g/mol. The van der Waals surface area contributed by atoms with Crippen LogP contribution in [0.4, 0.5) is 0 Å². The van der Waals surface area contributed by atoms with Gasteiger partial charge in [0.25, 0.3) is 5.91 Å². The topological polar surface area (TPSA) is 75.9 Å². The zero-order chi connectivity index (χ0) is 24.9. The van der Waals surface area contributed by atoms with Gasteiger partial charge in [-0.2, -0.15) is 0 Å². The summed E-state index contributed by atoms with van der Waals surface area (Å²) in [4.78, 5) is 30.0. The molecule has 0 radical (unpaired) electrons. The van der Waals surface area contributed by atoms with Crippen LogP contribution in [0.25, 0.3) is 22.2 Å². The van der Waals surface area contributed by atoms with Crippen molar-refractivity contribution in [3.8, 4) is 11.1 Å². The standard InChI is InChI=1S/C30H30N6O/c1-31-30(11-4-12-30)29-32-15-19(16-33-29)18-9-10-22-23(13-18)36-24-14-25(27(36)34-22)35(2)28(37)21-6-3-5-20(26(21)24)17-7-8-17/h3,5-6,9-10,13,15-17,24-25,31H,4,7-8,11-12,14H2,1-2H3/t24-,25-/m1/s1. The molecule has 2 fully saturated rings. The molecule has 7 heteroatoms. The quantitative estimate of drug-likeness (QED) is 0.431. The molecule has 1 amide bonds. The highest BCUT2D eigenvalue weighted by Crippen LogP contribution is 2.52. The van der Waals surface area contributed by atoms with Gasteiger partial charge in [-0.15, -0.1) is 0 Å². The molecule has 2 bridgehead atoms. The van der Waals surface area contributed by atoms with E-state index in [9.17, 15) is 4.79 Å². The molecule has 2 aromatic carbocycles. The van der Waals surface area contributed by atoms with Gasteiger partial charge in [0.05, 0.1) is 28.7 Å². The fraction of sp³-hybridized carbons (Fsp3) is 0.400. The number of imidazole rings is 1. The molecule has 0 spiro atoms. The van der Waals surface area contributed by atoms with Crippen molar-refractivity contribution in [2.75, 3.05) is 14.1 Å². The Morgan fingerprint density at radius 1 is 1.03 bits per heavy atom. The smallest absolute Gasteiger partial charge is 0.254 e. The van der Waals surface area contributed by atoms with E-state index in [1.165, 1.54) is 30.4 Å². The Bertz CT molecular complexity index is 1570. The van der Waals surface area contributed by atoms with Crippen molar-refractivity contribution in [1.29, 1.82) is 0 Å². The van der Waals surface area contributed by atoms with Crippen molar-refractivity contribution in [1.82, 2.24) is 29.7 Å². The van der Waals surface area contributed by atoms with Crippen LogP contribution in [0.1, 0.15) is 89.7 Å². The molecule has 1 N–H and O–H groups in total. The zero-order valence-corrected chi connectivity index (χ0v) is 21.2. The average Bonchev–Trinajstić information content (AvgIpc) is 3.61. The number of hydrogen-bond donors (Lipinski definition) is 1. The van der Waals surface area contributed by atoms with Crippen LogP contribution in [0.5, 0.6) is 0 Å². The molecule has 2 saturated carbocycles.